The van der Waals surface area contributed by atoms with Gasteiger partial charge in [0, 0.05) is 24.8 Å². The van der Waals surface area contributed by atoms with Crippen LogP contribution in [0.3, 0.4) is 0 Å². The molecule has 0 unspecified atom stereocenters. The van der Waals surface area contributed by atoms with E-state index in [4.69, 9.17) is 9.84 Å². The molecule has 6 heteroatoms. The van der Waals surface area contributed by atoms with E-state index in [2.05, 4.69) is 20.9 Å². The van der Waals surface area contributed by atoms with E-state index < -0.39 is 0 Å². The maximum Gasteiger partial charge on any atom is 0.254 e. The van der Waals surface area contributed by atoms with E-state index in [1.165, 1.54) is 0 Å². The number of aliphatic hydroxyl groups excluding tert-OH is 1. The van der Waals surface area contributed by atoms with E-state index in [9.17, 15) is 4.79 Å². The van der Waals surface area contributed by atoms with Crippen molar-refractivity contribution in [1.82, 2.24) is 9.88 Å². The van der Waals surface area contributed by atoms with Gasteiger partial charge in [-0.05, 0) is 40.9 Å². The van der Waals surface area contributed by atoms with Gasteiger partial charge in [0.15, 0.2) is 0 Å². The summed E-state index contributed by atoms with van der Waals surface area (Å²) in [5, 5.41) is 8.71. The van der Waals surface area contributed by atoms with Crippen molar-refractivity contribution in [3.05, 3.63) is 28.5 Å². The molecule has 0 aliphatic carbocycles. The third kappa shape index (κ3) is 3.99. The number of ether oxygens (including phenoxy) is 1. The summed E-state index contributed by atoms with van der Waals surface area (Å²) in [6, 6.07) is 3.46. The number of halogens is 1. The summed E-state index contributed by atoms with van der Waals surface area (Å²) in [6.45, 7) is 1.80. The molecule has 0 saturated carbocycles. The second-order valence-electron chi connectivity index (χ2n) is 4.45. The van der Waals surface area contributed by atoms with Gasteiger partial charge in [-0.2, -0.15) is 0 Å². The number of piperidine rings is 1. The minimum absolute atomic E-state index is 0.0312. The molecule has 0 aromatic carbocycles. The van der Waals surface area contributed by atoms with Gasteiger partial charge in [-0.15, -0.1) is 0 Å². The quantitative estimate of drug-likeness (QED) is 0.850. The summed E-state index contributed by atoms with van der Waals surface area (Å²) in [5.41, 5.74) is 0.650. The Bertz CT molecular complexity index is 434. The lowest BCUT2D eigenvalue weighted by Crippen LogP contribution is -2.41. The Morgan fingerprint density at radius 3 is 2.89 bits per heavy atom. The number of hydrogen-bond donors (Lipinski definition) is 1. The fourth-order valence-corrected chi connectivity index (χ4v) is 2.53. The Labute approximate surface area is 120 Å². The highest BCUT2D eigenvalue weighted by atomic mass is 79.9. The molecule has 2 heterocycles. The monoisotopic (exact) mass is 328 g/mol. The van der Waals surface area contributed by atoms with E-state index in [-0.39, 0.29) is 18.6 Å². The highest BCUT2D eigenvalue weighted by molar-refractivity contribution is 9.10. The average Bonchev–Trinajstić information content (AvgIpc) is 2.45. The predicted molar refractivity (Wildman–Crippen MR) is 73.9 cm³/mol. The topological polar surface area (TPSA) is 62.7 Å². The number of carbonyl (C=O) groups excluding carboxylic acids is 1. The average molecular weight is 329 g/mol. The van der Waals surface area contributed by atoms with Crippen LogP contribution in [-0.2, 0) is 4.74 Å². The number of carbonyl (C=O) groups is 1. The smallest absolute Gasteiger partial charge is 0.254 e. The molecule has 1 aliphatic heterocycles. The van der Waals surface area contributed by atoms with Gasteiger partial charge in [-0.3, -0.25) is 4.79 Å². The van der Waals surface area contributed by atoms with Crippen LogP contribution in [0.2, 0.25) is 0 Å². The number of nitrogens with zero attached hydrogens (tertiary/aromatic N) is 2. The van der Waals surface area contributed by atoms with Gasteiger partial charge in [0.05, 0.1) is 19.3 Å². The summed E-state index contributed by atoms with van der Waals surface area (Å²) in [6.07, 6.45) is 3.41. The van der Waals surface area contributed by atoms with Crippen molar-refractivity contribution in [2.45, 2.75) is 18.9 Å². The Morgan fingerprint density at radius 2 is 2.26 bits per heavy atom. The van der Waals surface area contributed by atoms with Crippen molar-refractivity contribution in [2.75, 3.05) is 26.3 Å². The van der Waals surface area contributed by atoms with Crippen LogP contribution in [0.25, 0.3) is 0 Å². The standard InChI is InChI=1S/C13H17BrN2O3/c14-12-9-10(1-4-15-12)13(18)16-5-2-11(3-6-16)19-8-7-17/h1,4,9,11,17H,2-3,5-8H2. The van der Waals surface area contributed by atoms with Gasteiger partial charge >= 0.3 is 0 Å². The lowest BCUT2D eigenvalue weighted by molar-refractivity contribution is -0.00554. The lowest BCUT2D eigenvalue weighted by Gasteiger charge is -2.31. The zero-order chi connectivity index (χ0) is 13.7. The third-order valence-corrected chi connectivity index (χ3v) is 3.58. The molecule has 1 aromatic heterocycles. The van der Waals surface area contributed by atoms with Crippen LogP contribution in [0.5, 0.6) is 0 Å². The Kier molecular flexibility index (Phi) is 5.30. The van der Waals surface area contributed by atoms with Crippen molar-refractivity contribution in [2.24, 2.45) is 0 Å². The number of aromatic nitrogens is 1. The van der Waals surface area contributed by atoms with Crippen molar-refractivity contribution < 1.29 is 14.6 Å². The summed E-state index contributed by atoms with van der Waals surface area (Å²) in [5.74, 6) is 0.0312. The van der Waals surface area contributed by atoms with Crippen molar-refractivity contribution in [3.63, 3.8) is 0 Å². The first-order valence-corrected chi connectivity index (χ1v) is 7.13. The van der Waals surface area contributed by atoms with E-state index >= 15 is 0 Å². The molecule has 104 valence electrons. The highest BCUT2D eigenvalue weighted by Crippen LogP contribution is 2.17. The Morgan fingerprint density at radius 1 is 1.53 bits per heavy atom. The van der Waals surface area contributed by atoms with Crippen LogP contribution in [0.4, 0.5) is 0 Å². The van der Waals surface area contributed by atoms with Crippen molar-refractivity contribution in [1.29, 1.82) is 0 Å². The SMILES string of the molecule is O=C(c1ccnc(Br)c1)N1CCC(OCCO)CC1. The normalized spacial score (nSPS) is 16.6. The molecule has 1 saturated heterocycles. The zero-order valence-corrected chi connectivity index (χ0v) is 12.2. The molecular formula is C13H17BrN2O3. The van der Waals surface area contributed by atoms with Crippen LogP contribution in [0.15, 0.2) is 22.9 Å². The van der Waals surface area contributed by atoms with E-state index in [0.29, 0.717) is 29.9 Å². The second-order valence-corrected chi connectivity index (χ2v) is 5.27. The van der Waals surface area contributed by atoms with Crippen LogP contribution in [0, 0.1) is 0 Å². The van der Waals surface area contributed by atoms with Gasteiger partial charge in [-0.25, -0.2) is 4.98 Å². The summed E-state index contributed by atoms with van der Waals surface area (Å²) in [4.78, 5) is 18.1. The first-order chi connectivity index (χ1) is 9.20. The third-order valence-electron chi connectivity index (χ3n) is 3.15. The van der Waals surface area contributed by atoms with Crippen LogP contribution in [-0.4, -0.2) is 53.3 Å². The van der Waals surface area contributed by atoms with Crippen molar-refractivity contribution >= 4 is 21.8 Å². The Balaban J connectivity index is 1.89. The number of pyridine rings is 1. The molecule has 0 spiro atoms. The van der Waals surface area contributed by atoms with E-state index in [0.717, 1.165) is 12.8 Å². The number of aliphatic hydroxyl groups is 1. The van der Waals surface area contributed by atoms with Gasteiger partial charge in [-0.1, -0.05) is 0 Å². The fourth-order valence-electron chi connectivity index (χ4n) is 2.16. The molecule has 2 rings (SSSR count). The molecule has 1 N–H and O–H groups in total. The minimum atomic E-state index is 0.0312. The minimum Gasteiger partial charge on any atom is -0.394 e. The van der Waals surface area contributed by atoms with Gasteiger partial charge in [0.1, 0.15) is 4.60 Å². The van der Waals surface area contributed by atoms with Crippen molar-refractivity contribution in [3.8, 4) is 0 Å². The fraction of sp³-hybridized carbons (Fsp3) is 0.538. The molecule has 19 heavy (non-hydrogen) atoms. The lowest BCUT2D eigenvalue weighted by atomic mass is 10.1. The molecule has 0 bridgehead atoms. The first-order valence-electron chi connectivity index (χ1n) is 6.34. The highest BCUT2D eigenvalue weighted by Gasteiger charge is 2.24. The van der Waals surface area contributed by atoms with Gasteiger partial charge in [0.2, 0.25) is 0 Å². The second kappa shape index (κ2) is 6.98. The van der Waals surface area contributed by atoms with Gasteiger partial charge < -0.3 is 14.7 Å². The molecule has 1 amide bonds. The molecule has 1 fully saturated rings. The summed E-state index contributed by atoms with van der Waals surface area (Å²) < 4.78 is 6.15. The van der Waals surface area contributed by atoms with Crippen LogP contribution in [0.1, 0.15) is 23.2 Å². The maximum absolute atomic E-state index is 12.3. The molecule has 1 aromatic rings. The first kappa shape index (κ1) is 14.4. The number of amides is 1. The zero-order valence-electron chi connectivity index (χ0n) is 10.6. The van der Waals surface area contributed by atoms with E-state index in [1.807, 2.05) is 4.90 Å². The number of likely N-dealkylation sites (tertiary alicyclic amines) is 1. The van der Waals surface area contributed by atoms with Crippen LogP contribution >= 0.6 is 15.9 Å². The largest absolute Gasteiger partial charge is 0.394 e. The number of hydrogen-bond acceptors (Lipinski definition) is 4. The molecular weight excluding hydrogens is 312 g/mol. The summed E-state index contributed by atoms with van der Waals surface area (Å²) in [7, 11) is 0. The molecule has 5 nitrogen and oxygen atoms in total. The Hall–Kier alpha value is -0.980. The molecule has 1 aliphatic rings. The van der Waals surface area contributed by atoms with Gasteiger partial charge in [0.25, 0.3) is 5.91 Å². The summed E-state index contributed by atoms with van der Waals surface area (Å²) >= 11 is 3.27. The predicted octanol–water partition coefficient (Wildman–Crippen LogP) is 1.46. The molecule has 0 radical (unpaired) electrons. The maximum atomic E-state index is 12.3. The number of rotatable bonds is 4. The molecule has 0 atom stereocenters. The van der Waals surface area contributed by atoms with E-state index in [1.54, 1.807) is 18.3 Å². The van der Waals surface area contributed by atoms with Crippen LogP contribution < -0.4 is 0 Å².